The van der Waals surface area contributed by atoms with Gasteiger partial charge in [0.25, 0.3) is 11.2 Å². The second-order valence-corrected chi connectivity index (χ2v) is 8.62. The number of benzene rings is 2. The zero-order valence-electron chi connectivity index (χ0n) is 22.1. The lowest BCUT2D eigenvalue weighted by Gasteiger charge is -2.34. The Balaban J connectivity index is 1.94. The molecule has 3 atom stereocenters. The number of rotatable bonds is 12. The van der Waals surface area contributed by atoms with E-state index in [4.69, 9.17) is 14.2 Å². The Hall–Kier alpha value is -4.17. The van der Waals surface area contributed by atoms with Crippen molar-refractivity contribution < 1.29 is 59.6 Å². The minimum atomic E-state index is -5.35. The number of nitrogens with zero attached hydrogens (tertiary/aromatic N) is 1. The molecule has 0 N–H and O–H groups in total. The molecule has 3 rings (SSSR count). The summed E-state index contributed by atoms with van der Waals surface area (Å²) < 4.78 is 111. The minimum absolute atomic E-state index is 0.125. The fourth-order valence-electron chi connectivity index (χ4n) is 4.02. The zero-order chi connectivity index (χ0) is 31.0. The van der Waals surface area contributed by atoms with Gasteiger partial charge >= 0.3 is 24.3 Å². The van der Waals surface area contributed by atoms with Crippen LogP contribution in [0.3, 0.4) is 0 Å². The molecule has 3 aromatic rings. The van der Waals surface area contributed by atoms with Gasteiger partial charge in [-0.15, -0.1) is 0 Å². The van der Waals surface area contributed by atoms with Gasteiger partial charge in [-0.25, -0.2) is 9.59 Å². The highest BCUT2D eigenvalue weighted by Gasteiger charge is 2.65. The van der Waals surface area contributed by atoms with Crippen LogP contribution in [0.5, 0.6) is 5.75 Å². The molecule has 2 aromatic carbocycles. The van der Waals surface area contributed by atoms with Crippen molar-refractivity contribution in [2.75, 3.05) is 27.4 Å². The van der Waals surface area contributed by atoms with E-state index in [-0.39, 0.29) is 5.75 Å². The van der Waals surface area contributed by atoms with Crippen molar-refractivity contribution in [2.24, 2.45) is 0 Å². The lowest BCUT2D eigenvalue weighted by Crippen LogP contribution is -2.54. The summed E-state index contributed by atoms with van der Waals surface area (Å²) in [6, 6.07) is 14.4. The van der Waals surface area contributed by atoms with E-state index >= 15 is 0 Å². The summed E-state index contributed by atoms with van der Waals surface area (Å²) in [6.07, 6.45) is -9.87. The van der Waals surface area contributed by atoms with Crippen molar-refractivity contribution in [3.63, 3.8) is 0 Å². The maximum atomic E-state index is 14.4. The third-order valence-corrected chi connectivity index (χ3v) is 6.11. The Morgan fingerprint density at radius 3 is 1.57 bits per heavy atom. The number of carbonyl (C=O) groups is 2. The third-order valence-electron chi connectivity index (χ3n) is 6.11. The van der Waals surface area contributed by atoms with Crippen molar-refractivity contribution >= 4 is 11.9 Å². The van der Waals surface area contributed by atoms with Gasteiger partial charge < -0.3 is 23.7 Å². The number of methoxy groups -OCH3 is 2. The van der Waals surface area contributed by atoms with E-state index < -0.39 is 65.9 Å². The van der Waals surface area contributed by atoms with E-state index in [0.717, 1.165) is 24.3 Å². The first kappa shape index (κ1) is 32.3. The van der Waals surface area contributed by atoms with Crippen LogP contribution in [0.4, 0.5) is 26.3 Å². The van der Waals surface area contributed by atoms with Gasteiger partial charge in [0.05, 0.1) is 0 Å². The fraction of sp³-hybridized carbons (Fsp3) is 0.321. The van der Waals surface area contributed by atoms with Crippen LogP contribution in [0.2, 0.25) is 0 Å². The predicted molar refractivity (Wildman–Crippen MR) is 133 cm³/mol. The molecular formula is C28H25F6NO7. The van der Waals surface area contributed by atoms with Crippen LogP contribution >= 0.6 is 0 Å². The summed E-state index contributed by atoms with van der Waals surface area (Å²) in [5.74, 6) is -3.80. The Morgan fingerprint density at radius 2 is 1.14 bits per heavy atom. The summed E-state index contributed by atoms with van der Waals surface area (Å²) in [6.45, 7) is -1.87. The van der Waals surface area contributed by atoms with E-state index in [9.17, 15) is 35.9 Å². The summed E-state index contributed by atoms with van der Waals surface area (Å²) in [7, 11) is 1.28. The predicted octanol–water partition coefficient (Wildman–Crippen LogP) is 5.12. The first-order valence-corrected chi connectivity index (χ1v) is 12.1. The van der Waals surface area contributed by atoms with Crippen molar-refractivity contribution in [1.29, 1.82) is 0 Å². The summed E-state index contributed by atoms with van der Waals surface area (Å²) in [5.41, 5.74) is -8.47. The molecule has 1 aromatic heterocycles. The monoisotopic (exact) mass is 601 g/mol. The van der Waals surface area contributed by atoms with Crippen LogP contribution in [0, 0.1) is 0 Å². The Morgan fingerprint density at radius 1 is 0.690 bits per heavy atom. The second-order valence-electron chi connectivity index (χ2n) is 8.62. The SMILES string of the molecule is CO[C@](C(=O)OC[C@@H](COc1ccncc1)OC(=O)[C@@](OC)(c1ccccc1)C(F)(F)F)(c1ccccc1)C(F)(F)F. The quantitative estimate of drug-likeness (QED) is 0.209. The molecule has 42 heavy (non-hydrogen) atoms. The molecule has 0 fully saturated rings. The summed E-state index contributed by atoms with van der Waals surface area (Å²) >= 11 is 0. The maximum absolute atomic E-state index is 14.4. The maximum Gasteiger partial charge on any atom is 0.432 e. The molecule has 0 amide bonds. The van der Waals surface area contributed by atoms with Crippen molar-refractivity contribution in [1.82, 2.24) is 4.98 Å². The Bertz CT molecular complexity index is 1310. The zero-order valence-corrected chi connectivity index (χ0v) is 22.1. The molecule has 0 aliphatic rings. The van der Waals surface area contributed by atoms with Gasteiger partial charge in [-0.05, 0) is 12.1 Å². The molecule has 14 heteroatoms. The molecule has 0 bridgehead atoms. The molecule has 0 aliphatic carbocycles. The molecule has 0 spiro atoms. The van der Waals surface area contributed by atoms with Gasteiger partial charge in [0.1, 0.15) is 19.0 Å². The lowest BCUT2D eigenvalue weighted by molar-refractivity contribution is -0.282. The molecule has 0 saturated carbocycles. The molecule has 226 valence electrons. The average Bonchev–Trinajstić information content (AvgIpc) is 2.96. The molecular weight excluding hydrogens is 576 g/mol. The van der Waals surface area contributed by atoms with E-state index in [2.05, 4.69) is 14.5 Å². The number of halogens is 6. The molecule has 0 saturated heterocycles. The number of pyridine rings is 1. The number of ether oxygens (including phenoxy) is 5. The van der Waals surface area contributed by atoms with Crippen LogP contribution in [-0.4, -0.2) is 62.8 Å². The fourth-order valence-corrected chi connectivity index (χ4v) is 4.02. The molecule has 1 heterocycles. The number of carbonyl (C=O) groups excluding carboxylic acids is 2. The van der Waals surface area contributed by atoms with Gasteiger partial charge in [-0.3, -0.25) is 4.98 Å². The Kier molecular flexibility index (Phi) is 10.2. The van der Waals surface area contributed by atoms with E-state index in [1.165, 1.54) is 60.9 Å². The molecule has 8 nitrogen and oxygen atoms in total. The van der Waals surface area contributed by atoms with Gasteiger partial charge in [-0.1, -0.05) is 60.7 Å². The van der Waals surface area contributed by atoms with Gasteiger partial charge in [0, 0.05) is 37.7 Å². The highest BCUT2D eigenvalue weighted by molar-refractivity contribution is 5.84. The summed E-state index contributed by atoms with van der Waals surface area (Å²) in [5, 5.41) is 0. The number of hydrogen-bond acceptors (Lipinski definition) is 8. The number of aromatic nitrogens is 1. The highest BCUT2D eigenvalue weighted by Crippen LogP contribution is 2.44. The van der Waals surface area contributed by atoms with Gasteiger partial charge in [0.15, 0.2) is 6.10 Å². The molecule has 0 radical (unpaired) electrons. The lowest BCUT2D eigenvalue weighted by atomic mass is 9.92. The van der Waals surface area contributed by atoms with Crippen molar-refractivity contribution in [3.8, 4) is 5.75 Å². The molecule has 0 aliphatic heterocycles. The summed E-state index contributed by atoms with van der Waals surface area (Å²) in [4.78, 5) is 29.9. The van der Waals surface area contributed by atoms with Crippen molar-refractivity contribution in [3.05, 3.63) is 96.3 Å². The third kappa shape index (κ3) is 6.49. The van der Waals surface area contributed by atoms with Crippen LogP contribution in [-0.2, 0) is 39.7 Å². The normalized spacial score (nSPS) is 15.5. The van der Waals surface area contributed by atoms with Crippen LogP contribution in [0.15, 0.2) is 85.2 Å². The first-order valence-electron chi connectivity index (χ1n) is 12.1. The van der Waals surface area contributed by atoms with E-state index in [1.807, 2.05) is 0 Å². The second kappa shape index (κ2) is 13.2. The van der Waals surface area contributed by atoms with E-state index in [1.54, 1.807) is 0 Å². The van der Waals surface area contributed by atoms with Crippen molar-refractivity contribution in [2.45, 2.75) is 29.7 Å². The first-order chi connectivity index (χ1) is 19.8. The smallest absolute Gasteiger partial charge is 0.432 e. The average molecular weight is 601 g/mol. The van der Waals surface area contributed by atoms with E-state index in [0.29, 0.717) is 14.2 Å². The van der Waals surface area contributed by atoms with Gasteiger partial charge in [0.2, 0.25) is 0 Å². The van der Waals surface area contributed by atoms with Crippen LogP contribution in [0.25, 0.3) is 0 Å². The highest BCUT2D eigenvalue weighted by atomic mass is 19.4. The molecule has 0 unspecified atom stereocenters. The number of alkyl halides is 6. The topological polar surface area (TPSA) is 93.2 Å². The van der Waals surface area contributed by atoms with Crippen LogP contribution < -0.4 is 4.74 Å². The largest absolute Gasteiger partial charge is 0.489 e. The number of hydrogen-bond donors (Lipinski definition) is 0. The number of esters is 2. The Labute approximate surface area is 236 Å². The minimum Gasteiger partial charge on any atom is -0.489 e. The standard InChI is InChI=1S/C28H25F6NO7/c1-38-25(27(29,30)31,19-9-5-3-6-10-19)23(36)41-18-22(17-40-21-13-15-35-16-14-21)42-24(37)26(39-2,28(32,33)34)20-11-7-4-8-12-20/h3-16,22H,17-18H2,1-2H3/t22-,25+,26+/m1/s1. The van der Waals surface area contributed by atoms with Gasteiger partial charge in [-0.2, -0.15) is 26.3 Å². The van der Waals surface area contributed by atoms with Crippen LogP contribution in [0.1, 0.15) is 11.1 Å².